The van der Waals surface area contributed by atoms with Gasteiger partial charge in [0, 0.05) is 6.54 Å². The molecule has 1 aromatic carbocycles. The number of nitrogens with two attached hydrogens (primary N) is 1. The molecular weight excluding hydrogens is 432 g/mol. The Labute approximate surface area is 197 Å². The number of nitrogens with zero attached hydrogens (tertiary/aromatic N) is 4. The van der Waals surface area contributed by atoms with Gasteiger partial charge in [-0.3, -0.25) is 4.57 Å². The molecule has 4 atom stereocenters. The molecule has 4 rings (SSSR count). The van der Waals surface area contributed by atoms with Gasteiger partial charge in [0.05, 0.1) is 18.5 Å². The second-order valence-corrected chi connectivity index (χ2v) is 15.0. The van der Waals surface area contributed by atoms with Gasteiger partial charge < -0.3 is 20.2 Å². The highest BCUT2D eigenvalue weighted by atomic mass is 28.4. The smallest absolute Gasteiger partial charge is 0.192 e. The summed E-state index contributed by atoms with van der Waals surface area (Å²) in [7, 11) is -2.11. The molecule has 1 unspecified atom stereocenters. The van der Waals surface area contributed by atoms with Crippen LogP contribution in [0.2, 0.25) is 18.1 Å². The number of hydrogen-bond acceptors (Lipinski definition) is 7. The minimum absolute atomic E-state index is 0.00915. The molecule has 33 heavy (non-hydrogen) atoms. The van der Waals surface area contributed by atoms with Crippen molar-refractivity contribution in [3.8, 4) is 0 Å². The third kappa shape index (κ3) is 4.68. The van der Waals surface area contributed by atoms with Gasteiger partial charge in [-0.1, -0.05) is 58.0 Å². The zero-order valence-corrected chi connectivity index (χ0v) is 21.4. The molecule has 0 aliphatic carbocycles. The first-order valence-corrected chi connectivity index (χ1v) is 14.6. The molecule has 0 radical (unpaired) electrons. The van der Waals surface area contributed by atoms with Crippen molar-refractivity contribution in [2.24, 2.45) is 0 Å². The van der Waals surface area contributed by atoms with Crippen LogP contribution in [-0.4, -0.2) is 46.1 Å². The summed E-state index contributed by atoms with van der Waals surface area (Å²) >= 11 is 0. The fraction of sp³-hybridized carbons (Fsp3) is 0.542. The number of ether oxygens (including phenoxy) is 1. The minimum Gasteiger partial charge on any atom is -0.408 e. The minimum atomic E-state index is -2.11. The predicted octanol–water partition coefficient (Wildman–Crippen LogP) is 4.26. The van der Waals surface area contributed by atoms with Crippen molar-refractivity contribution in [1.82, 2.24) is 24.8 Å². The molecule has 1 saturated heterocycles. The second kappa shape index (κ2) is 9.13. The van der Waals surface area contributed by atoms with Gasteiger partial charge in [-0.15, -0.1) is 0 Å². The van der Waals surface area contributed by atoms with Crippen LogP contribution in [0.25, 0.3) is 11.2 Å². The lowest BCUT2D eigenvalue weighted by Gasteiger charge is -2.41. The number of fused-ring (bicyclic) bond motifs is 1. The topological polar surface area (TPSA) is 100 Å². The van der Waals surface area contributed by atoms with Crippen molar-refractivity contribution in [2.75, 3.05) is 5.73 Å². The van der Waals surface area contributed by atoms with Gasteiger partial charge in [-0.2, -0.15) is 0 Å². The van der Waals surface area contributed by atoms with E-state index in [1.54, 1.807) is 6.33 Å². The summed E-state index contributed by atoms with van der Waals surface area (Å²) < 4.78 is 15.6. The molecule has 3 heterocycles. The number of anilines is 1. The van der Waals surface area contributed by atoms with E-state index in [0.29, 0.717) is 17.0 Å². The molecule has 1 aliphatic heterocycles. The van der Waals surface area contributed by atoms with Crippen LogP contribution < -0.4 is 11.1 Å². The molecule has 0 bridgehead atoms. The molecule has 8 nitrogen and oxygen atoms in total. The number of nitrogens with one attached hydrogen (secondary N) is 1. The monoisotopic (exact) mass is 468 g/mol. The summed E-state index contributed by atoms with van der Waals surface area (Å²) in [4.78, 5) is 13.0. The Morgan fingerprint density at radius 1 is 1.15 bits per heavy atom. The largest absolute Gasteiger partial charge is 0.408 e. The standard InChI is InChI=1S/C24H36N6O2Si/c1-7-17-18(26-13-16-11-9-8-10-12-16)20(32-33(5,6)24(2,3)4)23(31-17)30-15-29-19-21(25)27-14-28-22(19)30/h8-12,14-15,17-18,20,23,26H,7,13H2,1-6H3,(H2,25,27,28)/t17-,18-,20?,23-/m1/s1. The van der Waals surface area contributed by atoms with E-state index in [-0.39, 0.29) is 29.5 Å². The molecule has 0 saturated carbocycles. The van der Waals surface area contributed by atoms with E-state index in [1.807, 2.05) is 10.6 Å². The van der Waals surface area contributed by atoms with Crippen molar-refractivity contribution in [1.29, 1.82) is 0 Å². The van der Waals surface area contributed by atoms with E-state index in [2.05, 4.69) is 85.3 Å². The van der Waals surface area contributed by atoms with Crippen molar-refractivity contribution in [3.63, 3.8) is 0 Å². The van der Waals surface area contributed by atoms with E-state index in [4.69, 9.17) is 14.9 Å². The van der Waals surface area contributed by atoms with Crippen LogP contribution in [0.5, 0.6) is 0 Å². The van der Waals surface area contributed by atoms with Crippen molar-refractivity contribution in [2.45, 2.75) is 83.3 Å². The first-order chi connectivity index (χ1) is 15.6. The number of nitrogen functional groups attached to an aromatic ring is 1. The van der Waals surface area contributed by atoms with Gasteiger partial charge >= 0.3 is 0 Å². The Bertz CT molecular complexity index is 1080. The summed E-state index contributed by atoms with van der Waals surface area (Å²) in [5, 5.41) is 3.82. The number of benzene rings is 1. The van der Waals surface area contributed by atoms with Crippen LogP contribution in [0, 0.1) is 0 Å². The lowest BCUT2D eigenvalue weighted by atomic mass is 10.0. The molecule has 0 spiro atoms. The molecule has 3 N–H and O–H groups in total. The quantitative estimate of drug-likeness (QED) is 0.500. The molecule has 3 aromatic rings. The van der Waals surface area contributed by atoms with Crippen LogP contribution in [0.4, 0.5) is 5.82 Å². The van der Waals surface area contributed by atoms with E-state index in [1.165, 1.54) is 11.9 Å². The van der Waals surface area contributed by atoms with Crippen LogP contribution in [0.1, 0.15) is 45.9 Å². The first-order valence-electron chi connectivity index (χ1n) is 11.7. The Balaban J connectivity index is 1.71. The Morgan fingerprint density at radius 3 is 2.55 bits per heavy atom. The number of imidazole rings is 1. The lowest BCUT2D eigenvalue weighted by Crippen LogP contribution is -2.52. The van der Waals surface area contributed by atoms with Crippen molar-refractivity contribution in [3.05, 3.63) is 48.5 Å². The van der Waals surface area contributed by atoms with Gasteiger partial charge in [0.15, 0.2) is 26.0 Å². The molecular formula is C24H36N6O2Si. The zero-order valence-electron chi connectivity index (χ0n) is 20.4. The van der Waals surface area contributed by atoms with Gasteiger partial charge in [-0.25, -0.2) is 15.0 Å². The maximum atomic E-state index is 7.04. The molecule has 1 aliphatic rings. The van der Waals surface area contributed by atoms with Crippen molar-refractivity contribution < 1.29 is 9.16 Å². The summed E-state index contributed by atoms with van der Waals surface area (Å²) in [6.07, 6.45) is 3.50. The summed E-state index contributed by atoms with van der Waals surface area (Å²) in [5.41, 5.74) is 8.53. The van der Waals surface area contributed by atoms with E-state index >= 15 is 0 Å². The maximum absolute atomic E-state index is 7.04. The Morgan fingerprint density at radius 2 is 1.88 bits per heavy atom. The van der Waals surface area contributed by atoms with E-state index in [9.17, 15) is 0 Å². The maximum Gasteiger partial charge on any atom is 0.192 e. The van der Waals surface area contributed by atoms with Crippen LogP contribution in [-0.2, 0) is 15.7 Å². The van der Waals surface area contributed by atoms with Crippen LogP contribution in [0.15, 0.2) is 43.0 Å². The second-order valence-electron chi connectivity index (χ2n) is 10.3. The lowest BCUT2D eigenvalue weighted by molar-refractivity contribution is -0.0321. The number of aromatic nitrogens is 4. The highest BCUT2D eigenvalue weighted by Gasteiger charge is 2.50. The van der Waals surface area contributed by atoms with Gasteiger partial charge in [0.2, 0.25) is 0 Å². The van der Waals surface area contributed by atoms with Gasteiger partial charge in [-0.05, 0) is 30.1 Å². The Hall–Kier alpha value is -2.33. The zero-order chi connectivity index (χ0) is 23.8. The summed E-state index contributed by atoms with van der Waals surface area (Å²) in [6.45, 7) is 14.2. The highest BCUT2D eigenvalue weighted by Crippen LogP contribution is 2.43. The third-order valence-electron chi connectivity index (χ3n) is 7.03. The highest BCUT2D eigenvalue weighted by molar-refractivity contribution is 6.74. The van der Waals surface area contributed by atoms with E-state index in [0.717, 1.165) is 13.0 Å². The first kappa shape index (κ1) is 23.8. The van der Waals surface area contributed by atoms with E-state index < -0.39 is 8.32 Å². The number of rotatable bonds is 7. The van der Waals surface area contributed by atoms with Crippen molar-refractivity contribution >= 4 is 25.3 Å². The summed E-state index contributed by atoms with van der Waals surface area (Å²) in [5.74, 6) is 0.365. The fourth-order valence-electron chi connectivity index (χ4n) is 4.09. The summed E-state index contributed by atoms with van der Waals surface area (Å²) in [6, 6.07) is 10.4. The molecule has 9 heteroatoms. The van der Waals surface area contributed by atoms with Gasteiger partial charge in [0.1, 0.15) is 17.9 Å². The molecule has 0 amide bonds. The Kier molecular flexibility index (Phi) is 6.59. The SMILES string of the molecule is CC[C@H]1O[C@@H](n2cnc3c(N)ncnc32)C(O[Si](C)(C)C(C)(C)C)[C@@H]1NCc1ccccc1. The fourth-order valence-corrected chi connectivity index (χ4v) is 5.39. The predicted molar refractivity (Wildman–Crippen MR) is 133 cm³/mol. The average molecular weight is 469 g/mol. The number of hydrogen-bond donors (Lipinski definition) is 2. The van der Waals surface area contributed by atoms with Gasteiger partial charge in [0.25, 0.3) is 0 Å². The molecule has 1 fully saturated rings. The van der Waals surface area contributed by atoms with Crippen LogP contribution in [0.3, 0.4) is 0 Å². The third-order valence-corrected chi connectivity index (χ3v) is 11.5. The molecule has 2 aromatic heterocycles. The average Bonchev–Trinajstić information content (AvgIpc) is 3.34. The normalized spacial score (nSPS) is 23.9. The van der Waals surface area contributed by atoms with Crippen LogP contribution >= 0.6 is 0 Å². The molecule has 178 valence electrons.